The van der Waals surface area contributed by atoms with Gasteiger partial charge in [-0.2, -0.15) is 0 Å². The first-order valence-electron chi connectivity index (χ1n) is 11.2. The van der Waals surface area contributed by atoms with E-state index in [0.717, 1.165) is 12.8 Å². The van der Waals surface area contributed by atoms with E-state index in [1.165, 1.54) is 26.2 Å². The molecule has 34 heavy (non-hydrogen) atoms. The SMILES string of the molecule is CCCCOc1ccc(/C(O)=C2\C(=O)C(=O)N(CCOC)C2c2cc(OC)ccc2OC)cc1. The first-order valence-corrected chi connectivity index (χ1v) is 11.2. The molecule has 8 nitrogen and oxygen atoms in total. The Morgan fingerprint density at radius 3 is 2.29 bits per heavy atom. The number of benzene rings is 2. The fourth-order valence-corrected chi connectivity index (χ4v) is 3.88. The van der Waals surface area contributed by atoms with Crippen molar-refractivity contribution >= 4 is 17.4 Å². The fraction of sp³-hybridized carbons (Fsp3) is 0.385. The highest BCUT2D eigenvalue weighted by molar-refractivity contribution is 6.46. The van der Waals surface area contributed by atoms with Crippen molar-refractivity contribution in [1.82, 2.24) is 4.90 Å². The van der Waals surface area contributed by atoms with Gasteiger partial charge in [0, 0.05) is 24.8 Å². The third-order valence-corrected chi connectivity index (χ3v) is 5.70. The summed E-state index contributed by atoms with van der Waals surface area (Å²) in [6, 6.07) is 11.0. The van der Waals surface area contributed by atoms with Crippen molar-refractivity contribution in [3.05, 3.63) is 59.2 Å². The number of hydrogen-bond donors (Lipinski definition) is 1. The van der Waals surface area contributed by atoms with Gasteiger partial charge in [0.2, 0.25) is 0 Å². The Hall–Kier alpha value is -3.52. The Bertz CT molecular complexity index is 1050. The minimum atomic E-state index is -0.874. The number of unbranched alkanes of at least 4 members (excludes halogenated alkanes) is 1. The first-order chi connectivity index (χ1) is 16.5. The van der Waals surface area contributed by atoms with Gasteiger partial charge in [0.25, 0.3) is 11.7 Å². The molecule has 2 aromatic rings. The lowest BCUT2D eigenvalue weighted by Crippen LogP contribution is -2.32. The van der Waals surface area contributed by atoms with E-state index in [2.05, 4.69) is 6.92 Å². The fourth-order valence-electron chi connectivity index (χ4n) is 3.88. The maximum Gasteiger partial charge on any atom is 0.295 e. The predicted molar refractivity (Wildman–Crippen MR) is 127 cm³/mol. The molecule has 1 unspecified atom stereocenters. The van der Waals surface area contributed by atoms with Crippen LogP contribution in [0.25, 0.3) is 5.76 Å². The van der Waals surface area contributed by atoms with Gasteiger partial charge in [-0.05, 0) is 48.9 Å². The third kappa shape index (κ3) is 5.17. The number of carbonyl (C=O) groups is 2. The minimum absolute atomic E-state index is 0.0210. The lowest BCUT2D eigenvalue weighted by molar-refractivity contribution is -0.140. The molecule has 0 aromatic heterocycles. The molecule has 0 bridgehead atoms. The van der Waals surface area contributed by atoms with E-state index in [0.29, 0.717) is 35.0 Å². The average Bonchev–Trinajstić information content (AvgIpc) is 3.11. The molecule has 1 aliphatic rings. The van der Waals surface area contributed by atoms with Gasteiger partial charge in [0.1, 0.15) is 23.0 Å². The van der Waals surface area contributed by atoms with Crippen molar-refractivity contribution in [2.75, 3.05) is 41.1 Å². The van der Waals surface area contributed by atoms with Gasteiger partial charge in [0.05, 0.1) is 39.0 Å². The molecule has 8 heteroatoms. The number of nitrogens with zero attached hydrogens (tertiary/aromatic N) is 1. The molecule has 182 valence electrons. The maximum absolute atomic E-state index is 13.1. The van der Waals surface area contributed by atoms with Crippen molar-refractivity contribution in [3.63, 3.8) is 0 Å². The smallest absolute Gasteiger partial charge is 0.295 e. The van der Waals surface area contributed by atoms with Gasteiger partial charge >= 0.3 is 0 Å². The number of aliphatic hydroxyl groups is 1. The molecule has 0 spiro atoms. The lowest BCUT2D eigenvalue weighted by Gasteiger charge is -2.26. The van der Waals surface area contributed by atoms with Crippen LogP contribution in [0, 0.1) is 0 Å². The van der Waals surface area contributed by atoms with E-state index in [4.69, 9.17) is 18.9 Å². The molecule has 1 amide bonds. The van der Waals surface area contributed by atoms with Crippen molar-refractivity contribution < 1.29 is 33.6 Å². The van der Waals surface area contributed by atoms with Crippen LogP contribution < -0.4 is 14.2 Å². The number of Topliss-reactive ketones (excluding diaryl/α,β-unsaturated/α-hetero) is 1. The van der Waals surface area contributed by atoms with Gasteiger partial charge < -0.3 is 29.0 Å². The summed E-state index contributed by atoms with van der Waals surface area (Å²) in [5.41, 5.74) is 0.907. The number of amides is 1. The van der Waals surface area contributed by atoms with Crippen LogP contribution in [0.2, 0.25) is 0 Å². The summed E-state index contributed by atoms with van der Waals surface area (Å²) in [5, 5.41) is 11.2. The number of rotatable bonds is 11. The molecule has 0 saturated carbocycles. The van der Waals surface area contributed by atoms with Gasteiger partial charge in [0.15, 0.2) is 0 Å². The Kier molecular flexibility index (Phi) is 8.54. The molecule has 2 aromatic carbocycles. The van der Waals surface area contributed by atoms with Crippen LogP contribution >= 0.6 is 0 Å². The second kappa shape index (κ2) is 11.6. The summed E-state index contributed by atoms with van der Waals surface area (Å²) >= 11 is 0. The van der Waals surface area contributed by atoms with Crippen LogP contribution in [0.4, 0.5) is 0 Å². The number of ketones is 1. The van der Waals surface area contributed by atoms with Crippen LogP contribution in [0.3, 0.4) is 0 Å². The lowest BCUT2D eigenvalue weighted by atomic mass is 9.94. The molecular weight excluding hydrogens is 438 g/mol. The molecule has 1 heterocycles. The second-order valence-electron chi connectivity index (χ2n) is 7.82. The summed E-state index contributed by atoms with van der Waals surface area (Å²) in [5.74, 6) is -0.105. The summed E-state index contributed by atoms with van der Waals surface area (Å²) in [6.45, 7) is 3.06. The number of aliphatic hydroxyl groups excluding tert-OH is 1. The minimum Gasteiger partial charge on any atom is -0.507 e. The van der Waals surface area contributed by atoms with E-state index in [9.17, 15) is 14.7 Å². The van der Waals surface area contributed by atoms with E-state index in [1.807, 2.05) is 0 Å². The highest BCUT2D eigenvalue weighted by Gasteiger charge is 2.47. The zero-order valence-corrected chi connectivity index (χ0v) is 20.0. The zero-order chi connectivity index (χ0) is 24.7. The highest BCUT2D eigenvalue weighted by Crippen LogP contribution is 2.43. The van der Waals surface area contributed by atoms with Crippen LogP contribution in [-0.2, 0) is 14.3 Å². The van der Waals surface area contributed by atoms with Crippen molar-refractivity contribution in [2.24, 2.45) is 0 Å². The standard InChI is InChI=1S/C26H31NO7/c1-5-6-14-34-18-9-7-17(8-10-18)24(28)22-23(27(13-15-31-2)26(30)25(22)29)20-16-19(32-3)11-12-21(20)33-4/h7-12,16,23,28H,5-6,13-15H2,1-4H3/b24-22+. The monoisotopic (exact) mass is 469 g/mol. The predicted octanol–water partition coefficient (Wildman–Crippen LogP) is 3.95. The number of hydrogen-bond acceptors (Lipinski definition) is 7. The maximum atomic E-state index is 13.1. The number of carbonyl (C=O) groups excluding carboxylic acids is 2. The van der Waals surface area contributed by atoms with E-state index < -0.39 is 17.7 Å². The molecule has 1 N–H and O–H groups in total. The van der Waals surface area contributed by atoms with E-state index in [-0.39, 0.29) is 24.5 Å². The molecule has 3 rings (SSSR count). The Morgan fingerprint density at radius 2 is 1.68 bits per heavy atom. The molecule has 0 radical (unpaired) electrons. The Labute approximate surface area is 199 Å². The highest BCUT2D eigenvalue weighted by atomic mass is 16.5. The zero-order valence-electron chi connectivity index (χ0n) is 20.0. The molecule has 1 aliphatic heterocycles. The van der Waals surface area contributed by atoms with Gasteiger partial charge in [-0.25, -0.2) is 0 Å². The van der Waals surface area contributed by atoms with Crippen LogP contribution in [0.15, 0.2) is 48.0 Å². The quantitative estimate of drug-likeness (QED) is 0.230. The molecule has 1 atom stereocenters. The number of methoxy groups -OCH3 is 3. The number of ether oxygens (including phenoxy) is 4. The summed E-state index contributed by atoms with van der Waals surface area (Å²) < 4.78 is 21.7. The molecule has 1 saturated heterocycles. The topological polar surface area (TPSA) is 94.5 Å². The molecule has 1 fully saturated rings. The van der Waals surface area contributed by atoms with Gasteiger partial charge in [-0.3, -0.25) is 9.59 Å². The summed E-state index contributed by atoms with van der Waals surface area (Å²) in [4.78, 5) is 27.5. The van der Waals surface area contributed by atoms with Crippen molar-refractivity contribution in [1.29, 1.82) is 0 Å². The van der Waals surface area contributed by atoms with Crippen LogP contribution in [0.1, 0.15) is 36.9 Å². The summed E-state index contributed by atoms with van der Waals surface area (Å²) in [6.07, 6.45) is 1.96. The van der Waals surface area contributed by atoms with E-state index >= 15 is 0 Å². The normalized spacial score (nSPS) is 17.2. The van der Waals surface area contributed by atoms with E-state index in [1.54, 1.807) is 42.5 Å². The third-order valence-electron chi connectivity index (χ3n) is 5.70. The van der Waals surface area contributed by atoms with Gasteiger partial charge in [-0.15, -0.1) is 0 Å². The molecular formula is C26H31NO7. The molecule has 0 aliphatic carbocycles. The van der Waals surface area contributed by atoms with Crippen LogP contribution in [-0.4, -0.2) is 62.8 Å². The Balaban J connectivity index is 2.10. The summed E-state index contributed by atoms with van der Waals surface area (Å²) in [7, 11) is 4.55. The van der Waals surface area contributed by atoms with Crippen LogP contribution in [0.5, 0.6) is 17.2 Å². The first kappa shape index (κ1) is 25.1. The second-order valence-corrected chi connectivity index (χ2v) is 7.82. The van der Waals surface area contributed by atoms with Crippen molar-refractivity contribution in [2.45, 2.75) is 25.8 Å². The van der Waals surface area contributed by atoms with Crippen molar-refractivity contribution in [3.8, 4) is 17.2 Å². The average molecular weight is 470 g/mol. The Morgan fingerprint density at radius 1 is 0.971 bits per heavy atom. The number of likely N-dealkylation sites (tertiary alicyclic amines) is 1. The van der Waals surface area contributed by atoms with Gasteiger partial charge in [-0.1, -0.05) is 13.3 Å². The largest absolute Gasteiger partial charge is 0.507 e.